The first kappa shape index (κ1) is 36.9. The molecule has 5 heterocycles. The van der Waals surface area contributed by atoms with E-state index in [9.17, 15) is 14.3 Å². The number of ether oxygens (including phenoxy) is 2. The van der Waals surface area contributed by atoms with E-state index in [0.717, 1.165) is 0 Å². The third kappa shape index (κ3) is 7.83. The van der Waals surface area contributed by atoms with Gasteiger partial charge < -0.3 is 29.1 Å². The number of rotatable bonds is 5. The molecule has 0 spiro atoms. The second-order valence-corrected chi connectivity index (χ2v) is 23.9. The van der Waals surface area contributed by atoms with Crippen LogP contribution in [-0.2, 0) is 43.6 Å². The zero-order valence-electron chi connectivity index (χ0n) is 27.1. The number of hydrogen-bond donors (Lipinski definition) is 4. The van der Waals surface area contributed by atoms with E-state index in [2.05, 4.69) is 37.2 Å². The van der Waals surface area contributed by atoms with Gasteiger partial charge in [0.25, 0.3) is 5.56 Å². The number of anilines is 1. The molecule has 1 saturated carbocycles. The molecule has 1 aliphatic carbocycles. The summed E-state index contributed by atoms with van der Waals surface area (Å²) < 4.78 is 73.5. The minimum atomic E-state index is -4.30. The summed E-state index contributed by atoms with van der Waals surface area (Å²) in [5, 5.41) is -0.301. The van der Waals surface area contributed by atoms with E-state index in [4.69, 9.17) is 49.5 Å². The monoisotopic (exact) mass is 781 g/mol. The first-order valence-corrected chi connectivity index (χ1v) is 23.5. The average molecular weight is 782 g/mol. The van der Waals surface area contributed by atoms with Crippen LogP contribution in [0.15, 0.2) is 29.7 Å². The Hall–Kier alpha value is -1.87. The summed E-state index contributed by atoms with van der Waals surface area (Å²) in [7, 11) is -2.64. The maximum Gasteiger partial charge on any atom is 0.386 e. The standard InChI is InChI=1S/C26H38FN7O10P2S2Si/c1-26(2,3)49(4,5)44-20-15-10-39-46(37,48)42-19-13(8-14(17(19)27)40-16-6-7-29-11-30-16)9-38-45(36,47)43-21(20)24(41-15)34-12-31-18-22(34)32-25(28)33-23(18)35/h6-7,11-15,17,19-21,24H,8-10H2,1-5H3,(H,36,47)(H,37,48)(H3,28,32,33,35)/t13-,14-,15-,17+,19-,20?,21-,24-,45?,46?/m1/s1. The normalized spacial score (nSPS) is 36.1. The molecule has 3 aromatic heterocycles. The van der Waals surface area contributed by atoms with Gasteiger partial charge in [0.15, 0.2) is 31.9 Å². The molecule has 17 nitrogen and oxygen atoms in total. The van der Waals surface area contributed by atoms with Crippen LogP contribution in [0.3, 0.4) is 0 Å². The van der Waals surface area contributed by atoms with Crippen LogP contribution in [0.1, 0.15) is 33.4 Å². The van der Waals surface area contributed by atoms with Gasteiger partial charge in [0.1, 0.15) is 36.8 Å². The van der Waals surface area contributed by atoms with Crippen molar-refractivity contribution < 1.29 is 45.8 Å². The number of H-pyrrole nitrogens is 1. The molecule has 49 heavy (non-hydrogen) atoms. The molecular formula is C26H38FN7O10P2S2Si. The van der Waals surface area contributed by atoms with Crippen molar-refractivity contribution in [3.8, 4) is 5.88 Å². The summed E-state index contributed by atoms with van der Waals surface area (Å²) in [6.07, 6.45) is -4.72. The topological polar surface area (TPSA) is 217 Å². The van der Waals surface area contributed by atoms with E-state index in [-0.39, 0.29) is 41.1 Å². The van der Waals surface area contributed by atoms with E-state index < -0.39 is 82.8 Å². The van der Waals surface area contributed by atoms with Gasteiger partial charge in [0.2, 0.25) is 11.8 Å². The van der Waals surface area contributed by atoms with Crippen LogP contribution >= 0.6 is 25.8 Å². The van der Waals surface area contributed by atoms with Crippen molar-refractivity contribution in [1.29, 1.82) is 0 Å². The molecule has 6 rings (SSSR count). The highest BCUT2D eigenvalue weighted by molar-refractivity contribution is 8.44. The van der Waals surface area contributed by atoms with Crippen molar-refractivity contribution in [1.82, 2.24) is 29.5 Å². The van der Waals surface area contributed by atoms with Gasteiger partial charge in [0.05, 0.1) is 19.5 Å². The predicted octanol–water partition coefficient (Wildman–Crippen LogP) is 3.66. The smallest absolute Gasteiger partial charge is 0.386 e. The van der Waals surface area contributed by atoms with Crippen LogP contribution in [-0.4, -0.2) is 92.6 Å². The highest BCUT2D eigenvalue weighted by atomic mass is 32.7. The molecule has 3 aliphatic rings. The molecule has 0 aromatic carbocycles. The fourth-order valence-electron chi connectivity index (χ4n) is 5.65. The van der Waals surface area contributed by atoms with Crippen molar-refractivity contribution in [2.75, 3.05) is 18.9 Å². The molecule has 270 valence electrons. The molecule has 2 saturated heterocycles. The zero-order valence-corrected chi connectivity index (χ0v) is 31.6. The molecule has 4 N–H and O–H groups in total. The Balaban J connectivity index is 1.37. The van der Waals surface area contributed by atoms with Crippen LogP contribution in [0.25, 0.3) is 11.2 Å². The summed E-state index contributed by atoms with van der Waals surface area (Å²) in [5.74, 6) is -0.880. The van der Waals surface area contributed by atoms with Crippen molar-refractivity contribution >= 4 is 63.0 Å². The molecule has 2 bridgehead atoms. The lowest BCUT2D eigenvalue weighted by Crippen LogP contribution is -2.50. The van der Waals surface area contributed by atoms with Gasteiger partial charge in [-0.3, -0.25) is 27.9 Å². The highest BCUT2D eigenvalue weighted by Crippen LogP contribution is 2.59. The summed E-state index contributed by atoms with van der Waals surface area (Å²) in [5.41, 5.74) is 5.28. The lowest BCUT2D eigenvalue weighted by Gasteiger charge is -2.40. The minimum absolute atomic E-state index is 0.0104. The lowest BCUT2D eigenvalue weighted by molar-refractivity contribution is -0.0507. The van der Waals surface area contributed by atoms with E-state index >= 15 is 4.39 Å². The fraction of sp³-hybridized carbons (Fsp3) is 0.654. The van der Waals surface area contributed by atoms with Crippen molar-refractivity contribution in [2.45, 2.75) is 88.2 Å². The van der Waals surface area contributed by atoms with Gasteiger partial charge >= 0.3 is 13.5 Å². The number of imidazole rings is 1. The maximum absolute atomic E-state index is 15.9. The van der Waals surface area contributed by atoms with Gasteiger partial charge in [-0.1, -0.05) is 33.0 Å². The maximum atomic E-state index is 15.9. The lowest BCUT2D eigenvalue weighted by atomic mass is 10.1. The second kappa shape index (κ2) is 13.6. The number of thiol groups is 1. The first-order chi connectivity index (χ1) is 22.8. The molecular weight excluding hydrogens is 743 g/mol. The van der Waals surface area contributed by atoms with Crippen molar-refractivity contribution in [2.24, 2.45) is 5.92 Å². The average Bonchev–Trinajstić information content (AvgIpc) is 3.65. The second-order valence-electron chi connectivity index (χ2n) is 13.5. The van der Waals surface area contributed by atoms with Gasteiger partial charge in [-0.25, -0.2) is 23.9 Å². The van der Waals surface area contributed by atoms with Gasteiger partial charge in [0, 0.05) is 18.2 Å². The van der Waals surface area contributed by atoms with E-state index in [1.807, 2.05) is 33.9 Å². The summed E-state index contributed by atoms with van der Waals surface area (Å²) in [6, 6.07) is 1.46. The zero-order chi connectivity index (χ0) is 35.5. The predicted molar refractivity (Wildman–Crippen MR) is 183 cm³/mol. The molecule has 3 aromatic rings. The number of fused-ring (bicyclic) bond motifs is 4. The number of nitrogen functional groups attached to an aromatic ring is 1. The summed E-state index contributed by atoms with van der Waals surface area (Å²) >= 11 is 9.68. The molecule has 3 unspecified atom stereocenters. The van der Waals surface area contributed by atoms with Crippen LogP contribution in [0, 0.1) is 5.92 Å². The summed E-state index contributed by atoms with van der Waals surface area (Å²) in [4.78, 5) is 42.7. The number of nitrogens with one attached hydrogen (secondary N) is 1. The number of aromatic nitrogens is 6. The van der Waals surface area contributed by atoms with E-state index in [0.29, 0.717) is 0 Å². The first-order valence-electron chi connectivity index (χ1n) is 15.3. The Labute approximate surface area is 291 Å². The van der Waals surface area contributed by atoms with Crippen molar-refractivity contribution in [3.05, 3.63) is 35.3 Å². The number of nitrogens with two attached hydrogens (primary N) is 1. The SMILES string of the molecule is CC(C)(C)[Si](C)(C)OC1[C@H]2OP(O)(=S)OC[C@H]3C[C@@H](Oc4ccncn4)[C@H](F)[C@@H]3OP(=O)(S)OC[C@H]1O[C@H]2n1cnc2c(=O)[nH]c(N)nc21. The molecule has 2 aliphatic heterocycles. The van der Waals surface area contributed by atoms with Crippen LogP contribution in [0.4, 0.5) is 10.3 Å². The van der Waals surface area contributed by atoms with Gasteiger partial charge in [-0.15, -0.1) is 0 Å². The number of hydrogen-bond acceptors (Lipinski definition) is 15. The molecule has 3 fully saturated rings. The third-order valence-corrected chi connectivity index (χ3v) is 16.8. The Morgan fingerprint density at radius 2 is 1.98 bits per heavy atom. The Bertz CT molecular complexity index is 1840. The van der Waals surface area contributed by atoms with E-state index in [1.165, 1.54) is 29.5 Å². The van der Waals surface area contributed by atoms with Crippen LogP contribution < -0.4 is 16.0 Å². The van der Waals surface area contributed by atoms with Gasteiger partial charge in [-0.05, 0) is 36.4 Å². The number of alkyl halides is 1. The molecule has 0 amide bonds. The molecule has 10 atom stereocenters. The highest BCUT2D eigenvalue weighted by Gasteiger charge is 2.55. The minimum Gasteiger partial charge on any atom is -0.471 e. The van der Waals surface area contributed by atoms with Gasteiger partial charge in [-0.2, -0.15) is 4.98 Å². The fourth-order valence-corrected chi connectivity index (χ4v) is 9.94. The number of aromatic amines is 1. The van der Waals surface area contributed by atoms with Crippen LogP contribution in [0.5, 0.6) is 5.88 Å². The Morgan fingerprint density at radius 1 is 1.22 bits per heavy atom. The third-order valence-electron chi connectivity index (χ3n) is 9.11. The largest absolute Gasteiger partial charge is 0.471 e. The van der Waals surface area contributed by atoms with Crippen molar-refractivity contribution in [3.63, 3.8) is 0 Å². The Morgan fingerprint density at radius 3 is 2.67 bits per heavy atom. The Kier molecular flexibility index (Phi) is 10.2. The molecule has 0 radical (unpaired) electrons. The van der Waals surface area contributed by atoms with E-state index in [1.54, 1.807) is 0 Å². The molecule has 23 heteroatoms. The number of halogens is 1. The van der Waals surface area contributed by atoms with Crippen LogP contribution in [0.2, 0.25) is 18.1 Å². The summed E-state index contributed by atoms with van der Waals surface area (Å²) in [6.45, 7) is 0.821. The quantitative estimate of drug-likeness (QED) is 0.165. The number of nitrogens with zero attached hydrogens (tertiary/aromatic N) is 5.